The summed E-state index contributed by atoms with van der Waals surface area (Å²) >= 11 is 0. The van der Waals surface area contributed by atoms with Crippen LogP contribution in [-0.2, 0) is 7.05 Å². The molecule has 0 aliphatic carbocycles. The largest absolute Gasteiger partial charge is 0.386 e. The van der Waals surface area contributed by atoms with E-state index in [9.17, 15) is 20.0 Å². The third-order valence-corrected chi connectivity index (χ3v) is 3.34. The zero-order valence-corrected chi connectivity index (χ0v) is 10.3. The number of aliphatic hydroxyl groups is 1. The summed E-state index contributed by atoms with van der Waals surface area (Å²) in [6.07, 6.45) is 1.89. The number of amides is 1. The van der Waals surface area contributed by atoms with Crippen molar-refractivity contribution in [3.63, 3.8) is 0 Å². The third-order valence-electron chi connectivity index (χ3n) is 3.34. The topological polar surface area (TPSA) is 88.6 Å². The van der Waals surface area contributed by atoms with Crippen molar-refractivity contribution in [2.75, 3.05) is 13.1 Å². The lowest BCUT2D eigenvalue weighted by Gasteiger charge is -2.46. The summed E-state index contributed by atoms with van der Waals surface area (Å²) in [7, 11) is 1.59. The number of aryl methyl sites for hydroxylation is 1. The molecule has 1 fully saturated rings. The first kappa shape index (κ1) is 12.6. The van der Waals surface area contributed by atoms with E-state index in [4.69, 9.17) is 0 Å². The van der Waals surface area contributed by atoms with E-state index in [1.165, 1.54) is 21.7 Å². The number of nitrogens with zero attached hydrogens (tertiary/aromatic N) is 3. The zero-order valence-electron chi connectivity index (χ0n) is 10.3. The second-order valence-electron chi connectivity index (χ2n) is 4.69. The van der Waals surface area contributed by atoms with Crippen LogP contribution in [0.3, 0.4) is 0 Å². The monoisotopic (exact) mass is 253 g/mol. The molecule has 1 saturated heterocycles. The van der Waals surface area contributed by atoms with Crippen LogP contribution in [0.5, 0.6) is 0 Å². The molecular formula is C11H15N3O4. The molecule has 7 heteroatoms. The highest BCUT2D eigenvalue weighted by atomic mass is 16.6. The first-order valence-electron chi connectivity index (χ1n) is 5.69. The van der Waals surface area contributed by atoms with Crippen molar-refractivity contribution < 1.29 is 14.8 Å². The van der Waals surface area contributed by atoms with Crippen LogP contribution in [0.4, 0.5) is 5.69 Å². The maximum absolute atomic E-state index is 12.1. The van der Waals surface area contributed by atoms with Gasteiger partial charge in [0.2, 0.25) is 0 Å². The molecule has 7 nitrogen and oxygen atoms in total. The van der Waals surface area contributed by atoms with Gasteiger partial charge >= 0.3 is 0 Å². The summed E-state index contributed by atoms with van der Waals surface area (Å²) in [6.45, 7) is 2.41. The molecule has 98 valence electrons. The maximum Gasteiger partial charge on any atom is 0.287 e. The van der Waals surface area contributed by atoms with Gasteiger partial charge in [0.05, 0.1) is 29.8 Å². The Hall–Kier alpha value is -1.89. The van der Waals surface area contributed by atoms with Gasteiger partial charge in [0.15, 0.2) is 0 Å². The van der Waals surface area contributed by atoms with Crippen LogP contribution in [0.1, 0.15) is 23.8 Å². The molecule has 0 saturated carbocycles. The number of likely N-dealkylation sites (tertiary alicyclic amines) is 1. The van der Waals surface area contributed by atoms with Gasteiger partial charge in [-0.05, 0) is 6.42 Å². The molecule has 1 N–H and O–H groups in total. The quantitative estimate of drug-likeness (QED) is 0.628. The van der Waals surface area contributed by atoms with Crippen LogP contribution in [0.2, 0.25) is 0 Å². The molecule has 1 aliphatic heterocycles. The summed E-state index contributed by atoms with van der Waals surface area (Å²) in [5.74, 6) is -0.288. The van der Waals surface area contributed by atoms with E-state index in [2.05, 4.69) is 0 Å². The molecule has 0 bridgehead atoms. The summed E-state index contributed by atoms with van der Waals surface area (Å²) in [4.78, 5) is 23.6. The Morgan fingerprint density at radius 2 is 2.22 bits per heavy atom. The second-order valence-corrected chi connectivity index (χ2v) is 4.69. The van der Waals surface area contributed by atoms with Crippen LogP contribution in [0.25, 0.3) is 0 Å². The molecule has 1 aliphatic rings. The van der Waals surface area contributed by atoms with Gasteiger partial charge in [0, 0.05) is 13.1 Å². The lowest BCUT2D eigenvalue weighted by Crippen LogP contribution is -2.63. The molecule has 0 unspecified atom stereocenters. The predicted molar refractivity (Wildman–Crippen MR) is 63.2 cm³/mol. The molecule has 0 aromatic carbocycles. The first-order valence-corrected chi connectivity index (χ1v) is 5.69. The molecule has 1 aromatic rings. The van der Waals surface area contributed by atoms with Gasteiger partial charge < -0.3 is 14.6 Å². The standard InChI is InChI=1S/C11H15N3O4/c1-3-11(16)6-13(7-11)10(15)9-4-8(14(17)18)5-12(9)2/h4-5,16H,3,6-7H2,1-2H3. The van der Waals surface area contributed by atoms with Crippen LogP contribution in [-0.4, -0.2) is 44.1 Å². The lowest BCUT2D eigenvalue weighted by molar-refractivity contribution is -0.384. The Kier molecular flexibility index (Phi) is 2.86. The van der Waals surface area contributed by atoms with E-state index in [0.29, 0.717) is 6.42 Å². The predicted octanol–water partition coefficient (Wildman–Crippen LogP) is 0.530. The Morgan fingerprint density at radius 3 is 2.67 bits per heavy atom. The SMILES string of the molecule is CCC1(O)CN(C(=O)c2cc([N+](=O)[O-])cn2C)C1. The van der Waals surface area contributed by atoms with Crippen LogP contribution < -0.4 is 0 Å². The highest BCUT2D eigenvalue weighted by Gasteiger charge is 2.43. The number of carbonyl (C=O) groups is 1. The molecule has 1 aromatic heterocycles. The first-order chi connectivity index (χ1) is 8.36. The smallest absolute Gasteiger partial charge is 0.287 e. The Bertz CT molecular complexity index is 502. The van der Waals surface area contributed by atoms with Crippen molar-refractivity contribution in [1.29, 1.82) is 0 Å². The van der Waals surface area contributed by atoms with Gasteiger partial charge in [-0.15, -0.1) is 0 Å². The normalized spacial score (nSPS) is 17.4. The molecule has 18 heavy (non-hydrogen) atoms. The molecule has 0 radical (unpaired) electrons. The van der Waals surface area contributed by atoms with E-state index < -0.39 is 10.5 Å². The number of aromatic nitrogens is 1. The Balaban J connectivity index is 2.14. The van der Waals surface area contributed by atoms with Crippen molar-refractivity contribution in [1.82, 2.24) is 9.47 Å². The minimum atomic E-state index is -0.799. The number of carbonyl (C=O) groups excluding carboxylic acids is 1. The van der Waals surface area contributed by atoms with Crippen molar-refractivity contribution in [3.8, 4) is 0 Å². The number of β-amino-alcohol motifs (C(OH)–C–C–N with tert-alkyl or cyclic N) is 1. The summed E-state index contributed by atoms with van der Waals surface area (Å²) in [5, 5.41) is 20.5. The van der Waals surface area contributed by atoms with E-state index in [0.717, 1.165) is 0 Å². The van der Waals surface area contributed by atoms with Crippen molar-refractivity contribution in [3.05, 3.63) is 28.1 Å². The third kappa shape index (κ3) is 1.97. The summed E-state index contributed by atoms with van der Waals surface area (Å²) in [6, 6.07) is 1.26. The van der Waals surface area contributed by atoms with Gasteiger partial charge in [-0.25, -0.2) is 0 Å². The lowest BCUT2D eigenvalue weighted by atomic mass is 9.91. The Morgan fingerprint density at radius 1 is 1.61 bits per heavy atom. The minimum Gasteiger partial charge on any atom is -0.386 e. The van der Waals surface area contributed by atoms with Gasteiger partial charge in [0.1, 0.15) is 5.69 Å². The van der Waals surface area contributed by atoms with Gasteiger partial charge in [-0.3, -0.25) is 14.9 Å². The average molecular weight is 253 g/mol. The maximum atomic E-state index is 12.1. The highest BCUT2D eigenvalue weighted by molar-refractivity contribution is 5.94. The summed E-state index contributed by atoms with van der Waals surface area (Å²) < 4.78 is 1.43. The van der Waals surface area contributed by atoms with E-state index in [-0.39, 0.29) is 30.4 Å². The number of hydrogen-bond donors (Lipinski definition) is 1. The van der Waals surface area contributed by atoms with Crippen molar-refractivity contribution in [2.24, 2.45) is 7.05 Å². The second kappa shape index (κ2) is 4.09. The van der Waals surface area contributed by atoms with Gasteiger partial charge in [-0.1, -0.05) is 6.92 Å². The fourth-order valence-electron chi connectivity index (χ4n) is 2.05. The van der Waals surface area contributed by atoms with Crippen molar-refractivity contribution in [2.45, 2.75) is 18.9 Å². The van der Waals surface area contributed by atoms with Crippen LogP contribution in [0.15, 0.2) is 12.3 Å². The van der Waals surface area contributed by atoms with E-state index >= 15 is 0 Å². The van der Waals surface area contributed by atoms with Crippen LogP contribution in [0, 0.1) is 10.1 Å². The Labute approximate surface area is 104 Å². The number of nitro groups is 1. The van der Waals surface area contributed by atoms with E-state index in [1.807, 2.05) is 6.92 Å². The van der Waals surface area contributed by atoms with E-state index in [1.54, 1.807) is 7.05 Å². The van der Waals surface area contributed by atoms with Gasteiger partial charge in [-0.2, -0.15) is 0 Å². The zero-order chi connectivity index (χ0) is 13.5. The fourth-order valence-corrected chi connectivity index (χ4v) is 2.05. The molecular weight excluding hydrogens is 238 g/mol. The highest BCUT2D eigenvalue weighted by Crippen LogP contribution is 2.26. The number of hydrogen-bond acceptors (Lipinski definition) is 4. The summed E-state index contributed by atoms with van der Waals surface area (Å²) in [5.41, 5.74) is -0.640. The molecule has 0 spiro atoms. The van der Waals surface area contributed by atoms with Crippen LogP contribution >= 0.6 is 0 Å². The molecule has 2 heterocycles. The molecule has 1 amide bonds. The minimum absolute atomic E-state index is 0.105. The molecule has 2 rings (SSSR count). The molecule has 0 atom stereocenters. The fraction of sp³-hybridized carbons (Fsp3) is 0.545. The van der Waals surface area contributed by atoms with Gasteiger partial charge in [0.25, 0.3) is 11.6 Å². The average Bonchev–Trinajstić information content (AvgIpc) is 2.66. The number of rotatable bonds is 3. The van der Waals surface area contributed by atoms with Crippen molar-refractivity contribution >= 4 is 11.6 Å².